The van der Waals surface area contributed by atoms with Gasteiger partial charge in [-0.1, -0.05) is 36.4 Å². The van der Waals surface area contributed by atoms with E-state index < -0.39 is 0 Å². The molecule has 0 aromatic heterocycles. The van der Waals surface area contributed by atoms with Crippen molar-refractivity contribution in [2.45, 2.75) is 26.7 Å². The van der Waals surface area contributed by atoms with E-state index in [1.807, 2.05) is 39.0 Å². The third-order valence-corrected chi connectivity index (χ3v) is 4.66. The molecule has 0 spiro atoms. The summed E-state index contributed by atoms with van der Waals surface area (Å²) < 4.78 is 0. The molecule has 0 saturated carbocycles. The zero-order valence-electron chi connectivity index (χ0n) is 15.0. The van der Waals surface area contributed by atoms with Gasteiger partial charge >= 0.3 is 0 Å². The van der Waals surface area contributed by atoms with Crippen molar-refractivity contribution in [3.05, 3.63) is 88.0 Å². The van der Waals surface area contributed by atoms with Crippen LogP contribution < -0.4 is 17.2 Å². The van der Waals surface area contributed by atoms with Gasteiger partial charge in [-0.15, -0.1) is 0 Å². The summed E-state index contributed by atoms with van der Waals surface area (Å²) in [6.45, 7) is 6.11. The maximum Gasteiger partial charge on any atom is 0.0400 e. The molecule has 0 aliphatic carbocycles. The SMILES string of the molecule is Cc1ccc(C(c2ccc(C)cc2N)c2ccc(C)cc2N)c(N)c1. The maximum atomic E-state index is 6.38. The van der Waals surface area contributed by atoms with Crippen LogP contribution in [0.3, 0.4) is 0 Å². The first-order valence-electron chi connectivity index (χ1n) is 8.45. The number of nitrogens with two attached hydrogens (primary N) is 3. The summed E-state index contributed by atoms with van der Waals surface area (Å²) in [7, 11) is 0. The molecule has 0 atom stereocenters. The van der Waals surface area contributed by atoms with Gasteiger partial charge < -0.3 is 17.2 Å². The Morgan fingerprint density at radius 1 is 0.520 bits per heavy atom. The summed E-state index contributed by atoms with van der Waals surface area (Å²) in [6, 6.07) is 18.5. The average Bonchev–Trinajstić information content (AvgIpc) is 2.52. The van der Waals surface area contributed by atoms with Crippen molar-refractivity contribution in [3.8, 4) is 0 Å². The standard InChI is InChI=1S/C22H25N3/c1-13-4-7-16(19(23)10-13)22(17-8-5-14(2)11-20(17)24)18-9-6-15(3)12-21(18)25/h4-12,22H,23-25H2,1-3H3. The first-order chi connectivity index (χ1) is 11.9. The second-order valence-corrected chi connectivity index (χ2v) is 6.83. The van der Waals surface area contributed by atoms with Gasteiger partial charge in [-0.2, -0.15) is 0 Å². The van der Waals surface area contributed by atoms with E-state index in [-0.39, 0.29) is 5.92 Å². The van der Waals surface area contributed by atoms with Crippen LogP contribution >= 0.6 is 0 Å². The van der Waals surface area contributed by atoms with Crippen molar-refractivity contribution >= 4 is 17.1 Å². The Labute approximate surface area is 149 Å². The zero-order chi connectivity index (χ0) is 18.1. The first kappa shape index (κ1) is 16.9. The molecule has 3 aromatic rings. The van der Waals surface area contributed by atoms with Crippen LogP contribution in [0.1, 0.15) is 39.3 Å². The minimum absolute atomic E-state index is 0.0956. The van der Waals surface area contributed by atoms with Crippen LogP contribution in [0.2, 0.25) is 0 Å². The molecule has 0 heterocycles. The number of anilines is 3. The molecule has 25 heavy (non-hydrogen) atoms. The van der Waals surface area contributed by atoms with Gasteiger partial charge in [0.2, 0.25) is 0 Å². The second kappa shape index (κ2) is 6.52. The van der Waals surface area contributed by atoms with Crippen molar-refractivity contribution in [2.24, 2.45) is 0 Å². The van der Waals surface area contributed by atoms with Crippen LogP contribution in [0.5, 0.6) is 0 Å². The van der Waals surface area contributed by atoms with Crippen molar-refractivity contribution in [1.29, 1.82) is 0 Å². The molecule has 0 unspecified atom stereocenters. The third-order valence-electron chi connectivity index (χ3n) is 4.66. The molecule has 0 saturated heterocycles. The Bertz CT molecular complexity index is 806. The minimum Gasteiger partial charge on any atom is -0.398 e. The molecule has 3 aromatic carbocycles. The lowest BCUT2D eigenvalue weighted by Gasteiger charge is -2.24. The van der Waals surface area contributed by atoms with Crippen LogP contribution in [0.25, 0.3) is 0 Å². The lowest BCUT2D eigenvalue weighted by atomic mass is 9.82. The normalized spacial score (nSPS) is 11.0. The lowest BCUT2D eigenvalue weighted by Crippen LogP contribution is -2.11. The number of nitrogen functional groups attached to an aromatic ring is 3. The number of rotatable bonds is 3. The van der Waals surface area contributed by atoms with Crippen LogP contribution in [-0.4, -0.2) is 0 Å². The van der Waals surface area contributed by atoms with Gasteiger partial charge in [0.1, 0.15) is 0 Å². The largest absolute Gasteiger partial charge is 0.398 e. The van der Waals surface area contributed by atoms with E-state index >= 15 is 0 Å². The minimum atomic E-state index is -0.0956. The summed E-state index contributed by atoms with van der Waals surface area (Å²) in [4.78, 5) is 0. The molecular weight excluding hydrogens is 306 g/mol. The molecule has 3 heteroatoms. The number of hydrogen-bond donors (Lipinski definition) is 3. The van der Waals surface area contributed by atoms with Crippen LogP contribution in [-0.2, 0) is 0 Å². The van der Waals surface area contributed by atoms with Crippen molar-refractivity contribution < 1.29 is 0 Å². The molecule has 128 valence electrons. The Balaban J connectivity index is 2.27. The van der Waals surface area contributed by atoms with Gasteiger partial charge in [-0.3, -0.25) is 0 Å². The van der Waals surface area contributed by atoms with Gasteiger partial charge in [0.15, 0.2) is 0 Å². The Morgan fingerprint density at radius 2 is 0.800 bits per heavy atom. The first-order valence-corrected chi connectivity index (χ1v) is 8.45. The van der Waals surface area contributed by atoms with Gasteiger partial charge in [0.05, 0.1) is 0 Å². The number of hydrogen-bond acceptors (Lipinski definition) is 3. The highest BCUT2D eigenvalue weighted by Gasteiger charge is 2.23. The predicted molar refractivity (Wildman–Crippen MR) is 108 cm³/mol. The molecule has 3 nitrogen and oxygen atoms in total. The fraction of sp³-hybridized carbons (Fsp3) is 0.182. The van der Waals surface area contributed by atoms with E-state index in [9.17, 15) is 0 Å². The number of aryl methyl sites for hydroxylation is 3. The Hall–Kier alpha value is -2.94. The molecule has 0 aliphatic rings. The molecule has 0 radical (unpaired) electrons. The fourth-order valence-corrected chi connectivity index (χ4v) is 3.37. The fourth-order valence-electron chi connectivity index (χ4n) is 3.37. The summed E-state index contributed by atoms with van der Waals surface area (Å²) in [5, 5.41) is 0. The van der Waals surface area contributed by atoms with E-state index in [2.05, 4.69) is 36.4 Å². The van der Waals surface area contributed by atoms with Crippen molar-refractivity contribution in [2.75, 3.05) is 17.2 Å². The average molecular weight is 331 g/mol. The van der Waals surface area contributed by atoms with E-state index in [0.29, 0.717) is 0 Å². The molecule has 6 N–H and O–H groups in total. The molecule has 0 aliphatic heterocycles. The molecular formula is C22H25N3. The quantitative estimate of drug-likeness (QED) is 0.487. The summed E-state index contributed by atoms with van der Waals surface area (Å²) >= 11 is 0. The molecule has 0 fully saturated rings. The van der Waals surface area contributed by atoms with E-state index in [1.54, 1.807) is 0 Å². The Morgan fingerprint density at radius 3 is 1.04 bits per heavy atom. The number of benzene rings is 3. The van der Waals surface area contributed by atoms with Crippen molar-refractivity contribution in [1.82, 2.24) is 0 Å². The van der Waals surface area contributed by atoms with Crippen LogP contribution in [0, 0.1) is 20.8 Å². The zero-order valence-corrected chi connectivity index (χ0v) is 15.0. The lowest BCUT2D eigenvalue weighted by molar-refractivity contribution is 0.984. The molecule has 3 rings (SSSR count). The maximum absolute atomic E-state index is 6.38. The summed E-state index contributed by atoms with van der Waals surface area (Å²) in [5.41, 5.74) is 27.9. The highest BCUT2D eigenvalue weighted by molar-refractivity contribution is 5.67. The summed E-state index contributed by atoms with van der Waals surface area (Å²) in [5.74, 6) is -0.0956. The van der Waals surface area contributed by atoms with Gasteiger partial charge in [-0.05, 0) is 72.4 Å². The predicted octanol–water partition coefficient (Wildman–Crippen LogP) is 4.54. The molecule has 0 amide bonds. The highest BCUT2D eigenvalue weighted by atomic mass is 14.6. The van der Waals surface area contributed by atoms with Gasteiger partial charge in [0, 0.05) is 23.0 Å². The van der Waals surface area contributed by atoms with Gasteiger partial charge in [0.25, 0.3) is 0 Å². The van der Waals surface area contributed by atoms with E-state index in [4.69, 9.17) is 17.2 Å². The topological polar surface area (TPSA) is 78.1 Å². The molecule has 0 bridgehead atoms. The Kier molecular flexibility index (Phi) is 4.41. The van der Waals surface area contributed by atoms with Crippen molar-refractivity contribution in [3.63, 3.8) is 0 Å². The second-order valence-electron chi connectivity index (χ2n) is 6.83. The van der Waals surface area contributed by atoms with E-state index in [1.165, 1.54) is 0 Å². The monoisotopic (exact) mass is 331 g/mol. The van der Waals surface area contributed by atoms with Crippen LogP contribution in [0.15, 0.2) is 54.6 Å². The highest BCUT2D eigenvalue weighted by Crippen LogP contribution is 2.40. The smallest absolute Gasteiger partial charge is 0.0400 e. The third kappa shape index (κ3) is 3.31. The summed E-state index contributed by atoms with van der Waals surface area (Å²) in [6.07, 6.45) is 0. The van der Waals surface area contributed by atoms with E-state index in [0.717, 1.165) is 50.4 Å². The van der Waals surface area contributed by atoms with Crippen LogP contribution in [0.4, 0.5) is 17.1 Å². The van der Waals surface area contributed by atoms with Gasteiger partial charge in [-0.25, -0.2) is 0 Å².